The first-order valence-electron chi connectivity index (χ1n) is 5.37. The molecule has 1 aromatic carbocycles. The summed E-state index contributed by atoms with van der Waals surface area (Å²) in [6.07, 6.45) is -1.52. The summed E-state index contributed by atoms with van der Waals surface area (Å²) in [7, 11) is 0. The van der Waals surface area contributed by atoms with E-state index in [9.17, 15) is 13.2 Å². The van der Waals surface area contributed by atoms with Crippen LogP contribution >= 0.6 is 0 Å². The second kappa shape index (κ2) is 5.09. The standard InChI is InChI=1S/C13H10F3N3/c14-13(15,16)11-3-1-2-9(6-11)10-4-5-12(8-19-17)18-7-10/h1-8H,17H2/b19-8-. The molecule has 0 spiro atoms. The second-order valence-corrected chi connectivity index (χ2v) is 3.83. The van der Waals surface area contributed by atoms with Gasteiger partial charge in [-0.2, -0.15) is 18.3 Å². The van der Waals surface area contributed by atoms with Gasteiger partial charge in [-0.05, 0) is 23.8 Å². The monoisotopic (exact) mass is 265 g/mol. The molecule has 2 aromatic rings. The predicted molar refractivity (Wildman–Crippen MR) is 66.5 cm³/mol. The van der Waals surface area contributed by atoms with Gasteiger partial charge >= 0.3 is 6.18 Å². The molecule has 98 valence electrons. The molecular formula is C13H10F3N3. The third kappa shape index (κ3) is 3.09. The number of pyridine rings is 1. The zero-order valence-corrected chi connectivity index (χ0v) is 9.72. The minimum atomic E-state index is -4.35. The van der Waals surface area contributed by atoms with E-state index >= 15 is 0 Å². The van der Waals surface area contributed by atoms with Gasteiger partial charge in [0.1, 0.15) is 0 Å². The minimum Gasteiger partial charge on any atom is -0.323 e. The number of hydrogen-bond donors (Lipinski definition) is 1. The Morgan fingerprint density at radius 1 is 1.11 bits per heavy atom. The number of benzene rings is 1. The molecule has 0 radical (unpaired) electrons. The second-order valence-electron chi connectivity index (χ2n) is 3.83. The van der Waals surface area contributed by atoms with E-state index in [1.165, 1.54) is 18.5 Å². The average Bonchev–Trinajstić information content (AvgIpc) is 2.39. The lowest BCUT2D eigenvalue weighted by molar-refractivity contribution is -0.137. The Morgan fingerprint density at radius 3 is 2.47 bits per heavy atom. The fourth-order valence-corrected chi connectivity index (χ4v) is 1.60. The summed E-state index contributed by atoms with van der Waals surface area (Å²) in [4.78, 5) is 4.03. The number of hydrogen-bond acceptors (Lipinski definition) is 3. The Labute approximate surface area is 107 Å². The average molecular weight is 265 g/mol. The summed E-state index contributed by atoms with van der Waals surface area (Å²) in [5, 5.41) is 3.32. The highest BCUT2D eigenvalue weighted by Gasteiger charge is 2.30. The predicted octanol–water partition coefficient (Wildman–Crippen LogP) is 3.06. The van der Waals surface area contributed by atoms with Gasteiger partial charge in [-0.1, -0.05) is 18.2 Å². The highest BCUT2D eigenvalue weighted by atomic mass is 19.4. The van der Waals surface area contributed by atoms with E-state index in [0.29, 0.717) is 16.8 Å². The van der Waals surface area contributed by atoms with Crippen molar-refractivity contribution in [2.45, 2.75) is 6.18 Å². The lowest BCUT2D eigenvalue weighted by atomic mass is 10.0. The van der Waals surface area contributed by atoms with Gasteiger partial charge in [-0.15, -0.1) is 0 Å². The van der Waals surface area contributed by atoms with E-state index in [-0.39, 0.29) is 0 Å². The van der Waals surface area contributed by atoms with Crippen molar-refractivity contribution in [3.63, 3.8) is 0 Å². The quantitative estimate of drug-likeness (QED) is 0.515. The van der Waals surface area contributed by atoms with Crippen molar-refractivity contribution in [2.75, 3.05) is 0 Å². The van der Waals surface area contributed by atoms with Gasteiger partial charge in [0, 0.05) is 11.8 Å². The molecule has 2 N–H and O–H groups in total. The van der Waals surface area contributed by atoms with Crippen LogP contribution in [0.4, 0.5) is 13.2 Å². The lowest BCUT2D eigenvalue weighted by Gasteiger charge is -2.08. The number of halogens is 3. The summed E-state index contributed by atoms with van der Waals surface area (Å²) in [6.45, 7) is 0. The maximum atomic E-state index is 12.6. The lowest BCUT2D eigenvalue weighted by Crippen LogP contribution is -2.04. The van der Waals surface area contributed by atoms with E-state index in [4.69, 9.17) is 5.84 Å². The minimum absolute atomic E-state index is 0.457. The van der Waals surface area contributed by atoms with Crippen molar-refractivity contribution >= 4 is 6.21 Å². The molecule has 0 fully saturated rings. The first-order chi connectivity index (χ1) is 9.00. The Balaban J connectivity index is 2.36. The zero-order chi connectivity index (χ0) is 13.9. The number of aromatic nitrogens is 1. The van der Waals surface area contributed by atoms with Crippen molar-refractivity contribution in [2.24, 2.45) is 10.9 Å². The molecule has 0 aliphatic carbocycles. The van der Waals surface area contributed by atoms with Crippen LogP contribution < -0.4 is 5.84 Å². The van der Waals surface area contributed by atoms with Crippen LogP contribution in [0.3, 0.4) is 0 Å². The normalized spacial score (nSPS) is 11.9. The third-order valence-corrected chi connectivity index (χ3v) is 2.52. The van der Waals surface area contributed by atoms with E-state index in [2.05, 4.69) is 10.1 Å². The molecule has 3 nitrogen and oxygen atoms in total. The Bertz CT molecular complexity index is 589. The molecule has 0 unspecified atom stereocenters. The van der Waals surface area contributed by atoms with Crippen LogP contribution in [0, 0.1) is 0 Å². The maximum absolute atomic E-state index is 12.6. The third-order valence-electron chi connectivity index (χ3n) is 2.52. The van der Waals surface area contributed by atoms with Crippen molar-refractivity contribution < 1.29 is 13.2 Å². The van der Waals surface area contributed by atoms with Gasteiger partial charge in [0.2, 0.25) is 0 Å². The maximum Gasteiger partial charge on any atom is 0.416 e. The van der Waals surface area contributed by atoms with Crippen LogP contribution in [-0.2, 0) is 6.18 Å². The first kappa shape index (κ1) is 13.1. The number of nitrogens with zero attached hydrogens (tertiary/aromatic N) is 2. The van der Waals surface area contributed by atoms with Crippen LogP contribution in [0.5, 0.6) is 0 Å². The van der Waals surface area contributed by atoms with Gasteiger partial charge in [0.25, 0.3) is 0 Å². The van der Waals surface area contributed by atoms with Crippen LogP contribution in [0.1, 0.15) is 11.3 Å². The first-order valence-corrected chi connectivity index (χ1v) is 5.37. The van der Waals surface area contributed by atoms with Crippen LogP contribution in [0.15, 0.2) is 47.7 Å². The molecule has 0 aliphatic rings. The molecule has 0 amide bonds. The van der Waals surface area contributed by atoms with Gasteiger partial charge in [0.15, 0.2) is 0 Å². The van der Waals surface area contributed by atoms with Crippen LogP contribution in [0.2, 0.25) is 0 Å². The molecular weight excluding hydrogens is 255 g/mol. The molecule has 6 heteroatoms. The van der Waals surface area contributed by atoms with E-state index in [1.54, 1.807) is 18.2 Å². The molecule has 1 aromatic heterocycles. The highest BCUT2D eigenvalue weighted by Crippen LogP contribution is 2.31. The van der Waals surface area contributed by atoms with E-state index < -0.39 is 11.7 Å². The number of hydrazone groups is 1. The molecule has 0 aliphatic heterocycles. The molecule has 0 atom stereocenters. The summed E-state index contributed by atoms with van der Waals surface area (Å²) < 4.78 is 37.8. The van der Waals surface area contributed by atoms with Gasteiger partial charge in [0.05, 0.1) is 17.5 Å². The number of rotatable bonds is 2. The van der Waals surface area contributed by atoms with Crippen molar-refractivity contribution in [3.05, 3.63) is 53.9 Å². The molecule has 0 saturated carbocycles. The molecule has 0 saturated heterocycles. The van der Waals surface area contributed by atoms with Gasteiger partial charge in [-0.25, -0.2) is 0 Å². The van der Waals surface area contributed by atoms with Crippen LogP contribution in [0.25, 0.3) is 11.1 Å². The van der Waals surface area contributed by atoms with Crippen molar-refractivity contribution in [1.82, 2.24) is 4.98 Å². The summed E-state index contributed by atoms with van der Waals surface area (Å²) in [5.41, 5.74) is 0.912. The molecule has 0 bridgehead atoms. The number of nitrogens with two attached hydrogens (primary N) is 1. The van der Waals surface area contributed by atoms with E-state index in [0.717, 1.165) is 12.1 Å². The zero-order valence-electron chi connectivity index (χ0n) is 9.72. The highest BCUT2D eigenvalue weighted by molar-refractivity contribution is 5.77. The Kier molecular flexibility index (Phi) is 3.50. The van der Waals surface area contributed by atoms with Gasteiger partial charge < -0.3 is 5.84 Å². The van der Waals surface area contributed by atoms with E-state index in [1.807, 2.05) is 0 Å². The fourth-order valence-electron chi connectivity index (χ4n) is 1.60. The van der Waals surface area contributed by atoms with Crippen molar-refractivity contribution in [1.29, 1.82) is 0 Å². The molecule has 1 heterocycles. The van der Waals surface area contributed by atoms with Crippen LogP contribution in [-0.4, -0.2) is 11.2 Å². The largest absolute Gasteiger partial charge is 0.416 e. The number of alkyl halides is 3. The van der Waals surface area contributed by atoms with Gasteiger partial charge in [-0.3, -0.25) is 4.98 Å². The molecule has 19 heavy (non-hydrogen) atoms. The topological polar surface area (TPSA) is 51.3 Å². The van der Waals surface area contributed by atoms with Crippen molar-refractivity contribution in [3.8, 4) is 11.1 Å². The Hall–Kier alpha value is -2.37. The Morgan fingerprint density at radius 2 is 1.89 bits per heavy atom. The summed E-state index contributed by atoms with van der Waals surface area (Å²) in [6, 6.07) is 8.39. The fraction of sp³-hybridized carbons (Fsp3) is 0.0769. The SMILES string of the molecule is N/N=C\c1ccc(-c2cccc(C(F)(F)F)c2)cn1. The molecule has 2 rings (SSSR count). The summed E-state index contributed by atoms with van der Waals surface area (Å²) in [5.74, 6) is 4.98. The smallest absolute Gasteiger partial charge is 0.323 e. The summed E-state index contributed by atoms with van der Waals surface area (Å²) >= 11 is 0.